The number of nitro groups is 3. The first kappa shape index (κ1) is 28.8. The summed E-state index contributed by atoms with van der Waals surface area (Å²) in [6, 6.07) is -0.530. The van der Waals surface area contributed by atoms with Crippen molar-refractivity contribution in [1.82, 2.24) is 0 Å². The Morgan fingerprint density at radius 2 is 1.25 bits per heavy atom. The highest BCUT2D eigenvalue weighted by Crippen LogP contribution is 2.55. The lowest BCUT2D eigenvalue weighted by Crippen LogP contribution is -2.20. The molecule has 0 spiro atoms. The molecule has 10 nitrogen and oxygen atoms in total. The molecule has 36 heavy (non-hydrogen) atoms. The molecular weight excluding hydrogens is 619 g/mol. The van der Waals surface area contributed by atoms with Gasteiger partial charge in [-0.3, -0.25) is 30.3 Å². The second-order valence-corrected chi connectivity index (χ2v) is 7.55. The van der Waals surface area contributed by atoms with E-state index in [4.69, 9.17) is 11.6 Å². The molecule has 0 unspecified atom stereocenters. The second-order valence-electron chi connectivity index (χ2n) is 6.38. The Kier molecular flexibility index (Phi) is 7.38. The van der Waals surface area contributed by atoms with E-state index < -0.39 is 87.9 Å². The van der Waals surface area contributed by atoms with Gasteiger partial charge in [-0.1, -0.05) is 11.6 Å². The third kappa shape index (κ3) is 5.37. The topological polar surface area (TPSA) is 141 Å². The molecule has 2 rings (SSSR count). The van der Waals surface area contributed by atoms with Crippen molar-refractivity contribution in [3.8, 4) is 0 Å². The van der Waals surface area contributed by atoms with Crippen LogP contribution in [0.5, 0.6) is 0 Å². The van der Waals surface area contributed by atoms with Gasteiger partial charge in [0, 0.05) is 6.07 Å². The van der Waals surface area contributed by atoms with E-state index in [1.54, 1.807) is 0 Å². The number of nitrogens with one attached hydrogen (secondary N) is 1. The van der Waals surface area contributed by atoms with E-state index in [0.29, 0.717) is 0 Å². The van der Waals surface area contributed by atoms with Crippen LogP contribution in [0.25, 0.3) is 0 Å². The fourth-order valence-electron chi connectivity index (χ4n) is 2.84. The highest BCUT2D eigenvalue weighted by atomic mass is 79.9. The predicted octanol–water partition coefficient (Wildman–Crippen LogP) is 7.63. The van der Waals surface area contributed by atoms with Gasteiger partial charge in [-0.25, -0.2) is 0 Å². The Bertz CT molecular complexity index is 1260. The summed E-state index contributed by atoms with van der Waals surface area (Å²) in [4.78, 5) is 28.3. The summed E-state index contributed by atoms with van der Waals surface area (Å²) in [5, 5.41) is 32.4. The average Bonchev–Trinajstić information content (AvgIpc) is 2.63. The predicted molar refractivity (Wildman–Crippen MR) is 104 cm³/mol. The Morgan fingerprint density at radius 1 is 0.750 bits per heavy atom. The Hall–Kier alpha value is -3.42. The van der Waals surface area contributed by atoms with Crippen LogP contribution in [0, 0.1) is 30.3 Å². The molecule has 0 aromatic heterocycles. The number of rotatable bonds is 5. The quantitative estimate of drug-likeness (QED) is 0.206. The fraction of sp³-hybridized carbons (Fsp3) is 0.200. The zero-order valence-electron chi connectivity index (χ0n) is 16.1. The number of anilines is 2. The van der Waals surface area contributed by atoms with E-state index >= 15 is 0 Å². The normalized spacial score (nSPS) is 12.4. The van der Waals surface area contributed by atoms with E-state index in [1.807, 2.05) is 0 Å². The summed E-state index contributed by atoms with van der Waals surface area (Å²) in [7, 11) is 0. The lowest BCUT2D eigenvalue weighted by Gasteiger charge is -2.23. The monoisotopic (exact) mass is 620 g/mol. The Balaban J connectivity index is 3.20. The molecule has 196 valence electrons. The molecule has 0 saturated carbocycles. The van der Waals surface area contributed by atoms with Crippen molar-refractivity contribution in [3.63, 3.8) is 0 Å². The van der Waals surface area contributed by atoms with Gasteiger partial charge in [-0.2, -0.15) is 39.5 Å². The van der Waals surface area contributed by atoms with Crippen molar-refractivity contribution in [2.24, 2.45) is 0 Å². The van der Waals surface area contributed by atoms with Gasteiger partial charge in [-0.15, -0.1) is 0 Å². The van der Waals surface area contributed by atoms with Crippen LogP contribution in [-0.4, -0.2) is 14.8 Å². The summed E-state index contributed by atoms with van der Waals surface area (Å²) >= 11 is 7.41. The molecule has 0 bridgehead atoms. The van der Waals surface area contributed by atoms with Crippen molar-refractivity contribution >= 4 is 56.0 Å². The molecular formula is C15H3BrClF9N4O6. The van der Waals surface area contributed by atoms with Gasteiger partial charge < -0.3 is 5.32 Å². The summed E-state index contributed by atoms with van der Waals surface area (Å²) < 4.78 is 122. The van der Waals surface area contributed by atoms with Crippen LogP contribution >= 0.6 is 27.5 Å². The Labute approximate surface area is 203 Å². The van der Waals surface area contributed by atoms with Crippen LogP contribution in [0.1, 0.15) is 16.7 Å². The van der Waals surface area contributed by atoms with Gasteiger partial charge in [0.2, 0.25) is 0 Å². The molecule has 21 heteroatoms. The number of nitro benzene ring substituents is 3. The maximum Gasteiger partial charge on any atom is 0.420 e. The van der Waals surface area contributed by atoms with Gasteiger partial charge in [0.1, 0.15) is 26.3 Å². The number of nitrogens with zero attached hydrogens (tertiary/aromatic N) is 3. The molecule has 0 saturated heterocycles. The SMILES string of the molecule is O=[N+]([O-])c1cc([N+](=O)[O-])c(Nc2c(C(F)(F)F)c(Cl)c([N+](=O)[O-])c(Br)c2C(F)(F)F)c(C(F)(F)F)c1. The summed E-state index contributed by atoms with van der Waals surface area (Å²) in [6.45, 7) is 0. The van der Waals surface area contributed by atoms with E-state index in [9.17, 15) is 69.9 Å². The number of benzene rings is 2. The largest absolute Gasteiger partial charge is 0.420 e. The molecule has 0 amide bonds. The van der Waals surface area contributed by atoms with E-state index in [-0.39, 0.29) is 12.1 Å². The molecule has 0 atom stereocenters. The van der Waals surface area contributed by atoms with Crippen molar-refractivity contribution < 1.29 is 54.3 Å². The lowest BCUT2D eigenvalue weighted by molar-refractivity contribution is -0.394. The van der Waals surface area contributed by atoms with Crippen molar-refractivity contribution in [1.29, 1.82) is 0 Å². The summed E-state index contributed by atoms with van der Waals surface area (Å²) in [6.07, 6.45) is -17.7. The van der Waals surface area contributed by atoms with E-state index in [1.165, 1.54) is 0 Å². The molecule has 0 aliphatic rings. The number of hydrogen-bond donors (Lipinski definition) is 1. The zero-order valence-corrected chi connectivity index (χ0v) is 18.4. The zero-order chi connectivity index (χ0) is 28.1. The summed E-state index contributed by atoms with van der Waals surface area (Å²) in [5.41, 5.74) is -17.6. The minimum Gasteiger partial charge on any atom is -0.348 e. The maximum atomic E-state index is 13.8. The molecule has 2 aromatic rings. The smallest absolute Gasteiger partial charge is 0.348 e. The highest BCUT2D eigenvalue weighted by molar-refractivity contribution is 9.10. The standard InChI is InChI=1S/C15H3BrClF9N4O6/c16-8-6(14(21,22)23)11(7(15(24,25)26)9(17)12(8)30(35)36)27-10-4(13(18,19)20)1-3(28(31)32)2-5(10)29(33)34/h1-2,27H. The molecule has 0 aliphatic carbocycles. The van der Waals surface area contributed by atoms with Gasteiger partial charge in [0.05, 0.1) is 32.1 Å². The minimum absolute atomic E-state index is 0.153. The second kappa shape index (κ2) is 9.22. The molecule has 0 radical (unpaired) electrons. The molecule has 0 fully saturated rings. The molecule has 1 N–H and O–H groups in total. The average molecular weight is 622 g/mol. The first-order valence-electron chi connectivity index (χ1n) is 8.25. The first-order valence-corrected chi connectivity index (χ1v) is 9.42. The molecule has 0 heterocycles. The van der Waals surface area contributed by atoms with Gasteiger partial charge in [0.25, 0.3) is 11.4 Å². The maximum absolute atomic E-state index is 13.8. The number of alkyl halides is 9. The number of hydrogen-bond acceptors (Lipinski definition) is 7. The van der Waals surface area contributed by atoms with Gasteiger partial charge in [0.15, 0.2) is 0 Å². The van der Waals surface area contributed by atoms with Crippen LogP contribution in [0.4, 0.5) is 68.0 Å². The van der Waals surface area contributed by atoms with Crippen molar-refractivity contribution in [3.05, 3.63) is 68.7 Å². The minimum atomic E-state index is -6.00. The first-order chi connectivity index (χ1) is 16.1. The fourth-order valence-corrected chi connectivity index (χ4v) is 4.08. The third-order valence-corrected chi connectivity index (χ3v) is 5.31. The van der Waals surface area contributed by atoms with Crippen LogP contribution in [0.2, 0.25) is 5.02 Å². The highest BCUT2D eigenvalue weighted by Gasteiger charge is 2.50. The molecule has 0 aliphatic heterocycles. The van der Waals surface area contributed by atoms with Crippen LogP contribution in [0.15, 0.2) is 16.6 Å². The van der Waals surface area contributed by atoms with Crippen LogP contribution in [-0.2, 0) is 18.5 Å². The van der Waals surface area contributed by atoms with Crippen LogP contribution in [0.3, 0.4) is 0 Å². The third-order valence-electron chi connectivity index (χ3n) is 4.17. The van der Waals surface area contributed by atoms with Crippen molar-refractivity contribution in [2.45, 2.75) is 18.5 Å². The van der Waals surface area contributed by atoms with Crippen molar-refractivity contribution in [2.75, 3.05) is 5.32 Å². The van der Waals surface area contributed by atoms with Crippen LogP contribution < -0.4 is 5.32 Å². The van der Waals surface area contributed by atoms with Gasteiger partial charge >= 0.3 is 24.2 Å². The van der Waals surface area contributed by atoms with Gasteiger partial charge in [-0.05, 0) is 15.9 Å². The van der Waals surface area contributed by atoms with E-state index in [0.717, 1.165) is 5.32 Å². The molecule has 2 aromatic carbocycles. The summed E-state index contributed by atoms with van der Waals surface area (Å²) in [5.74, 6) is 0. The Morgan fingerprint density at radius 3 is 1.61 bits per heavy atom. The van der Waals surface area contributed by atoms with E-state index in [2.05, 4.69) is 15.9 Å². The number of halogens is 11. The number of non-ortho nitro benzene ring substituents is 1. The lowest BCUT2D eigenvalue weighted by atomic mass is 10.0.